The molecule has 0 saturated heterocycles. The number of unbranched alkanes of at least 4 members (excludes halogenated alkanes) is 1. The van der Waals surface area contributed by atoms with Crippen molar-refractivity contribution in [3.63, 3.8) is 0 Å². The number of allylic oxidation sites excluding steroid dienone is 1. The largest absolute Gasteiger partial charge is 0.434 e. The fourth-order valence-corrected chi connectivity index (χ4v) is 2.78. The van der Waals surface area contributed by atoms with Crippen LogP contribution in [0, 0.1) is 6.92 Å². The second-order valence-corrected chi connectivity index (χ2v) is 6.20. The van der Waals surface area contributed by atoms with Crippen LogP contribution in [0.15, 0.2) is 21.6 Å². The normalized spacial score (nSPS) is 12.4. The first-order chi connectivity index (χ1) is 10.2. The quantitative estimate of drug-likeness (QED) is 0.768. The molecule has 0 saturated carbocycles. The first-order valence-electron chi connectivity index (χ1n) is 6.50. The topological polar surface area (TPSA) is 42.0 Å². The number of aryl methyl sites for hydroxylation is 1. The van der Waals surface area contributed by atoms with Gasteiger partial charge in [-0.2, -0.15) is 13.2 Å². The molecule has 0 aromatic carbocycles. The predicted molar refractivity (Wildman–Crippen MR) is 85.6 cm³/mol. The van der Waals surface area contributed by atoms with E-state index in [9.17, 15) is 18.0 Å². The maximum atomic E-state index is 12.9. The third kappa shape index (κ3) is 5.01. The minimum absolute atomic E-state index is 0.180. The van der Waals surface area contributed by atoms with Gasteiger partial charge in [-0.25, -0.2) is 4.98 Å². The Hall–Kier alpha value is -1.02. The molecule has 0 spiro atoms. The van der Waals surface area contributed by atoms with Crippen LogP contribution >= 0.6 is 27.7 Å². The summed E-state index contributed by atoms with van der Waals surface area (Å²) in [5.74, 6) is -0.646. The van der Waals surface area contributed by atoms with Crippen molar-refractivity contribution in [1.82, 2.24) is 10.3 Å². The van der Waals surface area contributed by atoms with Crippen LogP contribution in [0.3, 0.4) is 0 Å². The van der Waals surface area contributed by atoms with Crippen LogP contribution in [0.2, 0.25) is 0 Å². The van der Waals surface area contributed by atoms with Gasteiger partial charge in [-0.15, -0.1) is 11.8 Å². The molecule has 1 amide bonds. The first kappa shape index (κ1) is 19.0. The van der Waals surface area contributed by atoms with Gasteiger partial charge in [0.15, 0.2) is 5.69 Å². The van der Waals surface area contributed by atoms with Gasteiger partial charge in [0, 0.05) is 4.47 Å². The Morgan fingerprint density at radius 2 is 2.14 bits per heavy atom. The van der Waals surface area contributed by atoms with E-state index >= 15 is 0 Å². The van der Waals surface area contributed by atoms with E-state index in [2.05, 4.69) is 26.2 Å². The molecular formula is C14H16BrF3N2OS. The lowest BCUT2D eigenvalue weighted by molar-refractivity contribution is -0.141. The van der Waals surface area contributed by atoms with E-state index in [1.807, 2.05) is 13.0 Å². The molecule has 3 nitrogen and oxygen atoms in total. The molecule has 0 radical (unpaired) electrons. The third-order valence-electron chi connectivity index (χ3n) is 2.73. The van der Waals surface area contributed by atoms with Crippen molar-refractivity contribution < 1.29 is 18.0 Å². The number of nitrogens with one attached hydrogen (secondary N) is 1. The summed E-state index contributed by atoms with van der Waals surface area (Å²) in [6, 6.07) is 1.25. The monoisotopic (exact) mass is 396 g/mol. The summed E-state index contributed by atoms with van der Waals surface area (Å²) in [4.78, 5) is 15.7. The number of halogens is 4. The van der Waals surface area contributed by atoms with Gasteiger partial charge in [-0.05, 0) is 47.2 Å². The SMILES string of the molecule is CCC/C=C(/NC(=O)c1nc(C(F)(F)F)c(Br)cc1C)SC. The highest BCUT2D eigenvalue weighted by Gasteiger charge is 2.36. The fraction of sp³-hybridized carbons (Fsp3) is 0.429. The number of hydrogen-bond donors (Lipinski definition) is 1. The summed E-state index contributed by atoms with van der Waals surface area (Å²) in [6.45, 7) is 3.54. The number of pyridine rings is 1. The van der Waals surface area contributed by atoms with Crippen LogP contribution in [0.5, 0.6) is 0 Å². The number of thioether (sulfide) groups is 1. The van der Waals surface area contributed by atoms with E-state index in [4.69, 9.17) is 0 Å². The average Bonchev–Trinajstić information content (AvgIpc) is 2.41. The summed E-state index contributed by atoms with van der Waals surface area (Å²) in [5.41, 5.74) is -0.966. The Bertz CT molecular complexity index is 588. The highest BCUT2D eigenvalue weighted by atomic mass is 79.9. The number of hydrogen-bond acceptors (Lipinski definition) is 3. The Balaban J connectivity index is 3.13. The van der Waals surface area contributed by atoms with E-state index < -0.39 is 17.8 Å². The lowest BCUT2D eigenvalue weighted by Crippen LogP contribution is -2.25. The zero-order valence-corrected chi connectivity index (χ0v) is 14.7. The van der Waals surface area contributed by atoms with Crippen molar-refractivity contribution in [2.24, 2.45) is 0 Å². The highest BCUT2D eigenvalue weighted by Crippen LogP contribution is 2.34. The van der Waals surface area contributed by atoms with Gasteiger partial charge in [-0.1, -0.05) is 19.4 Å². The summed E-state index contributed by atoms with van der Waals surface area (Å²) >= 11 is 4.16. The smallest absolute Gasteiger partial charge is 0.315 e. The van der Waals surface area contributed by atoms with Crippen LogP contribution in [0.25, 0.3) is 0 Å². The molecule has 0 aliphatic carbocycles. The van der Waals surface area contributed by atoms with Gasteiger partial charge in [0.2, 0.25) is 0 Å². The van der Waals surface area contributed by atoms with E-state index in [1.54, 1.807) is 13.2 Å². The summed E-state index contributed by atoms with van der Waals surface area (Å²) < 4.78 is 38.5. The lowest BCUT2D eigenvalue weighted by atomic mass is 10.2. The molecular weight excluding hydrogens is 381 g/mol. The van der Waals surface area contributed by atoms with Crippen molar-refractivity contribution in [1.29, 1.82) is 0 Å². The lowest BCUT2D eigenvalue weighted by Gasteiger charge is -2.13. The number of carbonyl (C=O) groups is 1. The predicted octanol–water partition coefficient (Wildman–Crippen LogP) is 4.91. The number of carbonyl (C=O) groups excluding carboxylic acids is 1. The zero-order chi connectivity index (χ0) is 16.9. The number of alkyl halides is 3. The zero-order valence-electron chi connectivity index (χ0n) is 12.3. The van der Waals surface area contributed by atoms with Gasteiger partial charge in [-0.3, -0.25) is 4.79 Å². The minimum Gasteiger partial charge on any atom is -0.315 e. The van der Waals surface area contributed by atoms with Gasteiger partial charge in [0.25, 0.3) is 5.91 Å². The van der Waals surface area contributed by atoms with E-state index in [1.165, 1.54) is 17.8 Å². The molecule has 1 N–H and O–H groups in total. The van der Waals surface area contributed by atoms with Crippen LogP contribution in [0.1, 0.15) is 41.5 Å². The second-order valence-electron chi connectivity index (χ2n) is 4.50. The maximum Gasteiger partial charge on any atom is 0.434 e. The van der Waals surface area contributed by atoms with Gasteiger partial charge in [0.05, 0.1) is 5.03 Å². The average molecular weight is 397 g/mol. The molecule has 0 fully saturated rings. The number of aromatic nitrogens is 1. The Morgan fingerprint density at radius 1 is 1.50 bits per heavy atom. The molecule has 0 aliphatic heterocycles. The Morgan fingerprint density at radius 3 is 2.64 bits per heavy atom. The summed E-state index contributed by atoms with van der Waals surface area (Å²) in [5, 5.41) is 3.20. The third-order valence-corrected chi connectivity index (χ3v) is 4.04. The highest BCUT2D eigenvalue weighted by molar-refractivity contribution is 9.10. The molecule has 0 atom stereocenters. The van der Waals surface area contributed by atoms with Crippen LogP contribution in [-0.4, -0.2) is 17.1 Å². The molecule has 1 aromatic rings. The molecule has 0 aliphatic rings. The molecule has 0 unspecified atom stereocenters. The van der Waals surface area contributed by atoms with Gasteiger partial charge < -0.3 is 5.32 Å². The Labute approximate surface area is 139 Å². The standard InChI is InChI=1S/C14H16BrF3N2OS/c1-4-5-6-10(22-3)19-13(21)11-8(2)7-9(15)12(20-11)14(16,17)18/h6-7H,4-5H2,1-3H3,(H,19,21)/b10-6-. The van der Waals surface area contributed by atoms with Gasteiger partial charge in [0.1, 0.15) is 5.69 Å². The first-order valence-corrected chi connectivity index (χ1v) is 8.52. The maximum absolute atomic E-state index is 12.9. The van der Waals surface area contributed by atoms with Crippen molar-refractivity contribution in [3.05, 3.63) is 38.6 Å². The van der Waals surface area contributed by atoms with Crippen LogP contribution < -0.4 is 5.32 Å². The molecule has 1 rings (SSSR count). The fourth-order valence-electron chi connectivity index (χ4n) is 1.64. The van der Waals surface area contributed by atoms with Crippen molar-refractivity contribution in [2.75, 3.05) is 6.26 Å². The van der Waals surface area contributed by atoms with E-state index in [0.29, 0.717) is 10.6 Å². The molecule has 122 valence electrons. The van der Waals surface area contributed by atoms with Crippen molar-refractivity contribution in [2.45, 2.75) is 32.9 Å². The van der Waals surface area contributed by atoms with Crippen LogP contribution in [-0.2, 0) is 6.18 Å². The molecule has 1 aromatic heterocycles. The number of rotatable bonds is 5. The van der Waals surface area contributed by atoms with Crippen molar-refractivity contribution >= 4 is 33.6 Å². The van der Waals surface area contributed by atoms with E-state index in [-0.39, 0.29) is 10.2 Å². The molecule has 22 heavy (non-hydrogen) atoms. The van der Waals surface area contributed by atoms with E-state index in [0.717, 1.165) is 12.8 Å². The minimum atomic E-state index is -4.62. The van der Waals surface area contributed by atoms with Gasteiger partial charge >= 0.3 is 6.18 Å². The molecule has 8 heteroatoms. The molecule has 1 heterocycles. The summed E-state index contributed by atoms with van der Waals surface area (Å²) in [7, 11) is 0. The number of nitrogens with zero attached hydrogens (tertiary/aromatic N) is 1. The van der Waals surface area contributed by atoms with Crippen LogP contribution in [0.4, 0.5) is 13.2 Å². The molecule has 0 bridgehead atoms. The number of amides is 1. The second kappa shape index (κ2) is 8.01. The summed E-state index contributed by atoms with van der Waals surface area (Å²) in [6.07, 6.45) is 0.679. The Kier molecular flexibility index (Phi) is 6.93. The van der Waals surface area contributed by atoms with Crippen molar-refractivity contribution in [3.8, 4) is 0 Å².